The van der Waals surface area contributed by atoms with E-state index in [-0.39, 0.29) is 0 Å². The first kappa shape index (κ1) is 28.4. The smallest absolute Gasteiger partial charge is 0.0640 e. The van der Waals surface area contributed by atoms with Gasteiger partial charge >= 0.3 is 0 Å². The number of hydrogen-bond acceptors (Lipinski definition) is 1. The maximum Gasteiger partial charge on any atom is 0.0640 e. The molecule has 238 valence electrons. The van der Waals surface area contributed by atoms with Gasteiger partial charge in [-0.1, -0.05) is 140 Å². The Kier molecular flexibility index (Phi) is 6.16. The van der Waals surface area contributed by atoms with Crippen LogP contribution in [0.4, 0.5) is 0 Å². The van der Waals surface area contributed by atoms with E-state index < -0.39 is 0 Å². The van der Waals surface area contributed by atoms with E-state index in [1.165, 1.54) is 91.7 Å². The van der Waals surface area contributed by atoms with Crippen LogP contribution in [-0.2, 0) is 0 Å². The lowest BCUT2D eigenvalue weighted by Gasteiger charge is -2.11. The molecule has 0 aliphatic heterocycles. The molecule has 3 heteroatoms. The second kappa shape index (κ2) is 11.0. The Morgan fingerprint density at radius 1 is 0.314 bits per heavy atom. The van der Waals surface area contributed by atoms with E-state index in [0.717, 1.165) is 5.69 Å². The van der Waals surface area contributed by atoms with Gasteiger partial charge in [0.15, 0.2) is 0 Å². The predicted molar refractivity (Wildman–Crippen MR) is 219 cm³/mol. The third kappa shape index (κ3) is 4.22. The SMILES string of the molecule is c1ccc(-c2ccc(-n3c4ccccc4c4cc5c(cc43)c3ccccc3n5-c3cccc4c3sc3c(-c5ccccc5)cccc34)cc2)cc1. The van der Waals surface area contributed by atoms with Crippen LogP contribution < -0.4 is 0 Å². The molecule has 11 rings (SSSR count). The summed E-state index contributed by atoms with van der Waals surface area (Å²) in [6.07, 6.45) is 0. The quantitative estimate of drug-likeness (QED) is 0.177. The van der Waals surface area contributed by atoms with Gasteiger partial charge in [-0.3, -0.25) is 0 Å². The summed E-state index contributed by atoms with van der Waals surface area (Å²) in [5.74, 6) is 0. The second-order valence-corrected chi connectivity index (χ2v) is 14.3. The Labute approximate surface area is 298 Å². The van der Waals surface area contributed by atoms with Gasteiger partial charge in [-0.25, -0.2) is 0 Å². The standard InChI is InChI=1S/C48H30N2S/c1-3-13-31(14-4-1)32-25-27-34(28-26-32)49-42-22-9-7-17-36(42)40-30-46-41(29-45(40)49)37-18-8-10-23-43(37)50(46)44-24-12-21-39-38-20-11-19-35(47(38)51-48(39)44)33-15-5-2-6-16-33/h1-30H. The predicted octanol–water partition coefficient (Wildman–Crippen LogP) is 13.6. The zero-order valence-corrected chi connectivity index (χ0v) is 28.4. The van der Waals surface area contributed by atoms with Gasteiger partial charge in [0, 0.05) is 42.7 Å². The Bertz CT molecular complexity index is 3110. The molecule has 0 saturated heterocycles. The van der Waals surface area contributed by atoms with Gasteiger partial charge in [-0.2, -0.15) is 0 Å². The van der Waals surface area contributed by atoms with Crippen LogP contribution in [0.2, 0.25) is 0 Å². The molecule has 11 aromatic rings. The van der Waals surface area contributed by atoms with Crippen LogP contribution >= 0.6 is 11.3 Å². The van der Waals surface area contributed by atoms with Crippen molar-refractivity contribution in [2.75, 3.05) is 0 Å². The summed E-state index contributed by atoms with van der Waals surface area (Å²) < 4.78 is 7.57. The third-order valence-corrected chi connectivity index (χ3v) is 11.8. The molecule has 0 spiro atoms. The zero-order chi connectivity index (χ0) is 33.5. The summed E-state index contributed by atoms with van der Waals surface area (Å²) in [6, 6.07) is 66.5. The lowest BCUT2D eigenvalue weighted by atomic mass is 10.0. The number of aromatic nitrogens is 2. The van der Waals surface area contributed by atoms with Gasteiger partial charge in [0.25, 0.3) is 0 Å². The highest BCUT2D eigenvalue weighted by Gasteiger charge is 2.21. The minimum Gasteiger partial charge on any atom is -0.309 e. The molecule has 0 amide bonds. The fraction of sp³-hybridized carbons (Fsp3) is 0. The first-order chi connectivity index (χ1) is 25.3. The molecule has 8 aromatic carbocycles. The van der Waals surface area contributed by atoms with Gasteiger partial charge < -0.3 is 9.13 Å². The highest BCUT2D eigenvalue weighted by molar-refractivity contribution is 7.26. The van der Waals surface area contributed by atoms with Gasteiger partial charge in [-0.15, -0.1) is 11.3 Å². The first-order valence-corrected chi connectivity index (χ1v) is 18.3. The third-order valence-electron chi connectivity index (χ3n) is 10.5. The molecule has 0 bridgehead atoms. The van der Waals surface area contributed by atoms with Crippen molar-refractivity contribution in [3.05, 3.63) is 182 Å². The molecule has 0 radical (unpaired) electrons. The number of nitrogens with zero attached hydrogens (tertiary/aromatic N) is 2. The van der Waals surface area contributed by atoms with Crippen LogP contribution in [-0.4, -0.2) is 9.13 Å². The highest BCUT2D eigenvalue weighted by atomic mass is 32.1. The van der Waals surface area contributed by atoms with E-state index in [4.69, 9.17) is 0 Å². The zero-order valence-electron chi connectivity index (χ0n) is 27.6. The van der Waals surface area contributed by atoms with Crippen molar-refractivity contribution in [3.8, 4) is 33.6 Å². The fourth-order valence-corrected chi connectivity index (χ4v) is 9.57. The molecule has 0 unspecified atom stereocenters. The fourth-order valence-electron chi connectivity index (χ4n) is 8.23. The largest absolute Gasteiger partial charge is 0.309 e. The maximum atomic E-state index is 2.50. The van der Waals surface area contributed by atoms with Crippen molar-refractivity contribution >= 4 is 75.1 Å². The highest BCUT2D eigenvalue weighted by Crippen LogP contribution is 2.45. The van der Waals surface area contributed by atoms with Crippen LogP contribution in [0, 0.1) is 0 Å². The van der Waals surface area contributed by atoms with Crippen molar-refractivity contribution in [2.24, 2.45) is 0 Å². The Morgan fingerprint density at radius 3 is 1.51 bits per heavy atom. The lowest BCUT2D eigenvalue weighted by molar-refractivity contribution is 1.18. The Balaban J connectivity index is 1.19. The summed E-state index contributed by atoms with van der Waals surface area (Å²) >= 11 is 1.91. The number of para-hydroxylation sites is 2. The topological polar surface area (TPSA) is 9.86 Å². The van der Waals surface area contributed by atoms with Crippen LogP contribution in [0.15, 0.2) is 182 Å². The monoisotopic (exact) mass is 666 g/mol. The van der Waals surface area contributed by atoms with Crippen LogP contribution in [0.5, 0.6) is 0 Å². The van der Waals surface area contributed by atoms with Crippen LogP contribution in [0.25, 0.3) is 97.4 Å². The molecular weight excluding hydrogens is 637 g/mol. The average molecular weight is 667 g/mol. The number of benzene rings is 8. The molecular formula is C48H30N2S. The normalized spacial score (nSPS) is 11.9. The van der Waals surface area contributed by atoms with Crippen LogP contribution in [0.1, 0.15) is 0 Å². The maximum absolute atomic E-state index is 2.50. The first-order valence-electron chi connectivity index (χ1n) is 17.4. The van der Waals surface area contributed by atoms with Gasteiger partial charge in [0.2, 0.25) is 0 Å². The van der Waals surface area contributed by atoms with Crippen molar-refractivity contribution in [2.45, 2.75) is 0 Å². The van der Waals surface area contributed by atoms with Gasteiger partial charge in [0.05, 0.1) is 32.5 Å². The van der Waals surface area contributed by atoms with E-state index in [1.54, 1.807) is 0 Å². The number of fused-ring (bicyclic) bond motifs is 9. The second-order valence-electron chi connectivity index (χ2n) is 13.3. The van der Waals surface area contributed by atoms with Crippen molar-refractivity contribution in [3.63, 3.8) is 0 Å². The molecule has 51 heavy (non-hydrogen) atoms. The number of rotatable bonds is 4. The molecule has 3 heterocycles. The number of thiophene rings is 1. The summed E-state index contributed by atoms with van der Waals surface area (Å²) in [5, 5.41) is 7.63. The molecule has 3 aromatic heterocycles. The molecule has 2 nitrogen and oxygen atoms in total. The van der Waals surface area contributed by atoms with Crippen LogP contribution in [0.3, 0.4) is 0 Å². The summed E-state index contributed by atoms with van der Waals surface area (Å²) in [7, 11) is 0. The Morgan fingerprint density at radius 2 is 0.824 bits per heavy atom. The van der Waals surface area contributed by atoms with E-state index >= 15 is 0 Å². The number of hydrogen-bond donors (Lipinski definition) is 0. The molecule has 0 saturated carbocycles. The minimum absolute atomic E-state index is 1.16. The van der Waals surface area contributed by atoms with E-state index in [9.17, 15) is 0 Å². The average Bonchev–Trinajstić information content (AvgIpc) is 3.85. The summed E-state index contributed by atoms with van der Waals surface area (Å²) in [6.45, 7) is 0. The lowest BCUT2D eigenvalue weighted by Crippen LogP contribution is -1.95. The van der Waals surface area contributed by atoms with Crippen molar-refractivity contribution in [1.29, 1.82) is 0 Å². The molecule has 0 fully saturated rings. The minimum atomic E-state index is 1.16. The summed E-state index contributed by atoms with van der Waals surface area (Å²) in [5.41, 5.74) is 12.2. The Hall–Kier alpha value is -6.42. The summed E-state index contributed by atoms with van der Waals surface area (Å²) in [4.78, 5) is 0. The van der Waals surface area contributed by atoms with Crippen molar-refractivity contribution < 1.29 is 0 Å². The molecule has 0 N–H and O–H groups in total. The molecule has 0 atom stereocenters. The molecule has 0 aliphatic rings. The van der Waals surface area contributed by atoms with E-state index in [2.05, 4.69) is 191 Å². The van der Waals surface area contributed by atoms with E-state index in [1.807, 2.05) is 11.3 Å². The van der Waals surface area contributed by atoms with Gasteiger partial charge in [0.1, 0.15) is 0 Å². The van der Waals surface area contributed by atoms with Gasteiger partial charge in [-0.05, 0) is 64.7 Å². The molecule has 0 aliphatic carbocycles. The van der Waals surface area contributed by atoms with Crippen molar-refractivity contribution in [1.82, 2.24) is 9.13 Å². The van der Waals surface area contributed by atoms with E-state index in [0.29, 0.717) is 0 Å².